The second kappa shape index (κ2) is 4.33. The molecule has 2 N–H and O–H groups in total. The average Bonchev–Trinajstić information content (AvgIpc) is 2.82. The minimum absolute atomic E-state index is 0.0683. The molecule has 2 atom stereocenters. The highest BCUT2D eigenvalue weighted by atomic mass is 19.3. The SMILES string of the molecule is CC(C)n1ncnc1C(N)C1CCC(F)(F)C1. The van der Waals surface area contributed by atoms with Crippen LogP contribution in [0.4, 0.5) is 8.78 Å². The van der Waals surface area contributed by atoms with Gasteiger partial charge in [-0.15, -0.1) is 0 Å². The lowest BCUT2D eigenvalue weighted by Gasteiger charge is -2.20. The van der Waals surface area contributed by atoms with Gasteiger partial charge in [-0.1, -0.05) is 0 Å². The van der Waals surface area contributed by atoms with Gasteiger partial charge in [0.2, 0.25) is 5.92 Å². The van der Waals surface area contributed by atoms with Gasteiger partial charge in [0, 0.05) is 18.9 Å². The molecule has 17 heavy (non-hydrogen) atoms. The first-order valence-corrected chi connectivity index (χ1v) is 5.93. The number of aromatic nitrogens is 3. The second-order valence-electron chi connectivity index (χ2n) is 5.04. The van der Waals surface area contributed by atoms with Crippen molar-refractivity contribution in [3.8, 4) is 0 Å². The van der Waals surface area contributed by atoms with Gasteiger partial charge < -0.3 is 5.73 Å². The summed E-state index contributed by atoms with van der Waals surface area (Å²) in [5.74, 6) is -2.15. The van der Waals surface area contributed by atoms with Crippen LogP contribution in [0.25, 0.3) is 0 Å². The Labute approximate surface area is 99.2 Å². The molecular formula is C11H18F2N4. The Hall–Kier alpha value is -1.04. The van der Waals surface area contributed by atoms with Crippen molar-refractivity contribution in [1.29, 1.82) is 0 Å². The van der Waals surface area contributed by atoms with Gasteiger partial charge in [0.1, 0.15) is 12.2 Å². The summed E-state index contributed by atoms with van der Waals surface area (Å²) < 4.78 is 28.0. The molecule has 6 heteroatoms. The lowest BCUT2D eigenvalue weighted by molar-refractivity contribution is 0.00371. The molecule has 1 saturated carbocycles. The summed E-state index contributed by atoms with van der Waals surface area (Å²) in [6.07, 6.45) is 1.68. The van der Waals surface area contributed by atoms with Gasteiger partial charge >= 0.3 is 0 Å². The van der Waals surface area contributed by atoms with Crippen LogP contribution in [0.1, 0.15) is 51.0 Å². The van der Waals surface area contributed by atoms with Gasteiger partial charge in [-0.05, 0) is 26.2 Å². The predicted octanol–water partition coefficient (Wildman–Crippen LogP) is 2.29. The van der Waals surface area contributed by atoms with E-state index in [0.717, 1.165) is 0 Å². The molecule has 0 radical (unpaired) electrons. The summed E-state index contributed by atoms with van der Waals surface area (Å²) in [6.45, 7) is 3.93. The molecule has 4 nitrogen and oxygen atoms in total. The fourth-order valence-electron chi connectivity index (χ4n) is 2.40. The fourth-order valence-corrected chi connectivity index (χ4v) is 2.40. The molecule has 1 heterocycles. The molecule has 0 aromatic carbocycles. The van der Waals surface area contributed by atoms with Crippen LogP contribution in [0.3, 0.4) is 0 Å². The average molecular weight is 244 g/mol. The van der Waals surface area contributed by atoms with Gasteiger partial charge in [0.05, 0.1) is 6.04 Å². The summed E-state index contributed by atoms with van der Waals surface area (Å²) in [6, 6.07) is -0.311. The number of nitrogens with two attached hydrogens (primary N) is 1. The van der Waals surface area contributed by atoms with E-state index in [1.54, 1.807) is 4.68 Å². The number of hydrogen-bond donors (Lipinski definition) is 1. The Bertz CT molecular complexity index is 389. The number of hydrogen-bond acceptors (Lipinski definition) is 3. The first kappa shape index (κ1) is 12.4. The van der Waals surface area contributed by atoms with Crippen molar-refractivity contribution in [2.45, 2.75) is 51.1 Å². The third-order valence-corrected chi connectivity index (χ3v) is 3.34. The van der Waals surface area contributed by atoms with Gasteiger partial charge in [-0.3, -0.25) is 0 Å². The molecule has 0 bridgehead atoms. The van der Waals surface area contributed by atoms with E-state index in [1.807, 2.05) is 13.8 Å². The quantitative estimate of drug-likeness (QED) is 0.887. The van der Waals surface area contributed by atoms with E-state index >= 15 is 0 Å². The third-order valence-electron chi connectivity index (χ3n) is 3.34. The molecule has 2 unspecified atom stereocenters. The molecule has 1 aromatic rings. The summed E-state index contributed by atoms with van der Waals surface area (Å²) >= 11 is 0. The van der Waals surface area contributed by atoms with Crippen molar-refractivity contribution in [3.05, 3.63) is 12.2 Å². The smallest absolute Gasteiger partial charge is 0.248 e. The first-order chi connectivity index (χ1) is 7.91. The molecule has 0 amide bonds. The maximum atomic E-state index is 13.2. The number of nitrogens with zero attached hydrogens (tertiary/aromatic N) is 3. The summed E-state index contributed by atoms with van der Waals surface area (Å²) in [5, 5.41) is 4.08. The second-order valence-corrected chi connectivity index (χ2v) is 5.04. The standard InChI is InChI=1S/C11H18F2N4/c1-7(2)17-10(15-6-16-17)9(14)8-3-4-11(12,13)5-8/h6-9H,3-5,14H2,1-2H3. The van der Waals surface area contributed by atoms with Crippen LogP contribution in [0.2, 0.25) is 0 Å². The largest absolute Gasteiger partial charge is 0.321 e. The van der Waals surface area contributed by atoms with Crippen molar-refractivity contribution in [3.63, 3.8) is 0 Å². The predicted molar refractivity (Wildman–Crippen MR) is 59.6 cm³/mol. The Morgan fingerprint density at radius 1 is 1.53 bits per heavy atom. The molecule has 1 fully saturated rings. The highest BCUT2D eigenvalue weighted by Crippen LogP contribution is 2.43. The van der Waals surface area contributed by atoms with Crippen LogP contribution in [0.5, 0.6) is 0 Å². The Balaban J connectivity index is 2.15. The zero-order valence-corrected chi connectivity index (χ0v) is 10.1. The van der Waals surface area contributed by atoms with E-state index < -0.39 is 12.0 Å². The van der Waals surface area contributed by atoms with Crippen molar-refractivity contribution in [1.82, 2.24) is 14.8 Å². The molecule has 2 rings (SSSR count). The monoisotopic (exact) mass is 244 g/mol. The molecule has 0 aliphatic heterocycles. The zero-order chi connectivity index (χ0) is 12.6. The topological polar surface area (TPSA) is 56.7 Å². The summed E-state index contributed by atoms with van der Waals surface area (Å²) in [5.41, 5.74) is 6.05. The maximum absolute atomic E-state index is 13.2. The van der Waals surface area contributed by atoms with Gasteiger partial charge in [0.15, 0.2) is 0 Å². The Morgan fingerprint density at radius 3 is 2.76 bits per heavy atom. The highest BCUT2D eigenvalue weighted by Gasteiger charge is 2.43. The molecular weight excluding hydrogens is 226 g/mol. The molecule has 96 valence electrons. The molecule has 1 aliphatic carbocycles. The lowest BCUT2D eigenvalue weighted by Crippen LogP contribution is -2.25. The molecule has 0 saturated heterocycles. The summed E-state index contributed by atoms with van der Waals surface area (Å²) in [7, 11) is 0. The van der Waals surface area contributed by atoms with E-state index in [0.29, 0.717) is 12.2 Å². The van der Waals surface area contributed by atoms with Crippen molar-refractivity contribution in [2.75, 3.05) is 0 Å². The fraction of sp³-hybridized carbons (Fsp3) is 0.818. The highest BCUT2D eigenvalue weighted by molar-refractivity contribution is 5.00. The van der Waals surface area contributed by atoms with Gasteiger partial charge in [-0.2, -0.15) is 5.10 Å². The van der Waals surface area contributed by atoms with Gasteiger partial charge in [-0.25, -0.2) is 18.4 Å². The number of halogens is 2. The first-order valence-electron chi connectivity index (χ1n) is 5.93. The minimum atomic E-state index is -2.56. The van der Waals surface area contributed by atoms with Crippen LogP contribution >= 0.6 is 0 Å². The van der Waals surface area contributed by atoms with E-state index in [-0.39, 0.29) is 24.8 Å². The van der Waals surface area contributed by atoms with E-state index in [9.17, 15) is 8.78 Å². The number of alkyl halides is 2. The molecule has 1 aromatic heterocycles. The van der Waals surface area contributed by atoms with Crippen LogP contribution < -0.4 is 5.73 Å². The van der Waals surface area contributed by atoms with Crippen molar-refractivity contribution in [2.24, 2.45) is 11.7 Å². The Morgan fingerprint density at radius 2 is 2.24 bits per heavy atom. The van der Waals surface area contributed by atoms with Crippen molar-refractivity contribution < 1.29 is 8.78 Å². The minimum Gasteiger partial charge on any atom is -0.321 e. The molecule has 0 spiro atoms. The van der Waals surface area contributed by atoms with Crippen LogP contribution in [0.15, 0.2) is 6.33 Å². The van der Waals surface area contributed by atoms with Crippen molar-refractivity contribution >= 4 is 0 Å². The Kier molecular flexibility index (Phi) is 3.16. The maximum Gasteiger partial charge on any atom is 0.248 e. The zero-order valence-electron chi connectivity index (χ0n) is 10.1. The van der Waals surface area contributed by atoms with Crippen LogP contribution in [-0.2, 0) is 0 Å². The van der Waals surface area contributed by atoms with E-state index in [4.69, 9.17) is 5.73 Å². The summed E-state index contributed by atoms with van der Waals surface area (Å²) in [4.78, 5) is 4.11. The van der Waals surface area contributed by atoms with E-state index in [2.05, 4.69) is 10.1 Å². The van der Waals surface area contributed by atoms with Crippen LogP contribution in [0, 0.1) is 5.92 Å². The molecule has 1 aliphatic rings. The van der Waals surface area contributed by atoms with Gasteiger partial charge in [0.25, 0.3) is 0 Å². The van der Waals surface area contributed by atoms with Crippen LogP contribution in [-0.4, -0.2) is 20.7 Å². The van der Waals surface area contributed by atoms with E-state index in [1.165, 1.54) is 6.33 Å². The lowest BCUT2D eigenvalue weighted by atomic mass is 9.98. The number of rotatable bonds is 3. The normalized spacial score (nSPS) is 25.4. The third kappa shape index (κ3) is 2.46.